The number of pyridine rings is 1. The summed E-state index contributed by atoms with van der Waals surface area (Å²) in [4.78, 5) is 4.19. The van der Waals surface area contributed by atoms with Crippen LogP contribution < -0.4 is 10.6 Å². The summed E-state index contributed by atoms with van der Waals surface area (Å²) in [5.74, 6) is 1.22. The number of anilines is 2. The zero-order valence-electron chi connectivity index (χ0n) is 12.4. The number of rotatable bonds is 3. The first-order valence-electron chi connectivity index (χ1n) is 7.42. The number of aromatic nitrogens is 1. The number of nitrogens with zero attached hydrogens (tertiary/aromatic N) is 1. The average molecular weight is 301 g/mol. The lowest BCUT2D eigenvalue weighted by molar-refractivity contribution is -0.137. The molecule has 0 amide bonds. The van der Waals surface area contributed by atoms with Crippen molar-refractivity contribution in [3.8, 4) is 0 Å². The van der Waals surface area contributed by atoms with Crippen LogP contribution in [0, 0.1) is 5.92 Å². The van der Waals surface area contributed by atoms with Crippen molar-refractivity contribution >= 4 is 11.6 Å². The van der Waals surface area contributed by atoms with Crippen LogP contribution in [0.15, 0.2) is 12.1 Å². The number of nitrogens with one attached hydrogen (secondary N) is 2. The Morgan fingerprint density at radius 3 is 2.48 bits per heavy atom. The second-order valence-electron chi connectivity index (χ2n) is 5.83. The Hall–Kier alpha value is -1.46. The van der Waals surface area contributed by atoms with Crippen LogP contribution in [0.25, 0.3) is 0 Å². The lowest BCUT2D eigenvalue weighted by Crippen LogP contribution is -2.20. The van der Waals surface area contributed by atoms with Gasteiger partial charge in [-0.15, -0.1) is 0 Å². The standard InChI is InChI=1S/C15H22F3N3/c1-10-4-3-5-12(7-6-10)20-14-9-11(15(16,17)18)8-13(19-2)21-14/h8-10,12H,3-7H2,1-2H3,(H2,19,20,21). The number of hydrogen-bond acceptors (Lipinski definition) is 3. The smallest absolute Gasteiger partial charge is 0.373 e. The fourth-order valence-electron chi connectivity index (χ4n) is 2.74. The molecular weight excluding hydrogens is 279 g/mol. The van der Waals surface area contributed by atoms with Crippen LogP contribution in [0.5, 0.6) is 0 Å². The van der Waals surface area contributed by atoms with Gasteiger partial charge in [0.15, 0.2) is 0 Å². The first-order valence-corrected chi connectivity index (χ1v) is 7.42. The van der Waals surface area contributed by atoms with E-state index in [-0.39, 0.29) is 11.9 Å². The third-order valence-electron chi connectivity index (χ3n) is 4.02. The fourth-order valence-corrected chi connectivity index (χ4v) is 2.74. The minimum absolute atomic E-state index is 0.204. The summed E-state index contributed by atoms with van der Waals surface area (Å²) in [6, 6.07) is 2.32. The molecule has 1 heterocycles. The van der Waals surface area contributed by atoms with E-state index in [9.17, 15) is 13.2 Å². The van der Waals surface area contributed by atoms with Crippen LogP contribution >= 0.6 is 0 Å². The van der Waals surface area contributed by atoms with Crippen molar-refractivity contribution in [2.24, 2.45) is 5.92 Å². The molecule has 2 unspecified atom stereocenters. The molecule has 3 nitrogen and oxygen atoms in total. The molecule has 1 aliphatic carbocycles. The molecule has 1 saturated carbocycles. The summed E-state index contributed by atoms with van der Waals surface area (Å²) < 4.78 is 38.7. The van der Waals surface area contributed by atoms with Gasteiger partial charge in [-0.25, -0.2) is 4.98 Å². The topological polar surface area (TPSA) is 37.0 Å². The second-order valence-corrected chi connectivity index (χ2v) is 5.83. The van der Waals surface area contributed by atoms with E-state index >= 15 is 0 Å². The van der Waals surface area contributed by atoms with Gasteiger partial charge in [-0.3, -0.25) is 0 Å². The maximum Gasteiger partial charge on any atom is 0.416 e. The summed E-state index contributed by atoms with van der Waals surface area (Å²) in [5, 5.41) is 5.86. The maximum absolute atomic E-state index is 12.9. The van der Waals surface area contributed by atoms with Crippen molar-refractivity contribution in [3.63, 3.8) is 0 Å². The van der Waals surface area contributed by atoms with E-state index in [1.54, 1.807) is 7.05 Å². The Morgan fingerprint density at radius 1 is 1.10 bits per heavy atom. The highest BCUT2D eigenvalue weighted by atomic mass is 19.4. The van der Waals surface area contributed by atoms with Crippen LogP contribution in [0.3, 0.4) is 0 Å². The van der Waals surface area contributed by atoms with Gasteiger partial charge in [-0.05, 0) is 37.3 Å². The third kappa shape index (κ3) is 4.51. The predicted molar refractivity (Wildman–Crippen MR) is 78.4 cm³/mol. The van der Waals surface area contributed by atoms with Gasteiger partial charge in [-0.2, -0.15) is 13.2 Å². The van der Waals surface area contributed by atoms with Crippen molar-refractivity contribution in [1.29, 1.82) is 0 Å². The van der Waals surface area contributed by atoms with Crippen molar-refractivity contribution in [3.05, 3.63) is 17.7 Å². The van der Waals surface area contributed by atoms with Gasteiger partial charge in [0, 0.05) is 13.1 Å². The quantitative estimate of drug-likeness (QED) is 0.806. The molecule has 0 radical (unpaired) electrons. The fraction of sp³-hybridized carbons (Fsp3) is 0.667. The molecule has 2 rings (SSSR count). The van der Waals surface area contributed by atoms with Crippen LogP contribution in [0.4, 0.5) is 24.8 Å². The van der Waals surface area contributed by atoms with Gasteiger partial charge in [0.05, 0.1) is 5.56 Å². The monoisotopic (exact) mass is 301 g/mol. The maximum atomic E-state index is 12.9. The summed E-state index contributed by atoms with van der Waals surface area (Å²) in [5.41, 5.74) is -0.675. The Labute approximate surface area is 123 Å². The lowest BCUT2D eigenvalue weighted by atomic mass is 10.0. The van der Waals surface area contributed by atoms with Crippen LogP contribution in [0.1, 0.15) is 44.6 Å². The predicted octanol–water partition coefficient (Wildman–Crippen LogP) is 4.52. The summed E-state index contributed by atoms with van der Waals surface area (Å²) in [6.07, 6.45) is 1.01. The Balaban J connectivity index is 2.15. The van der Waals surface area contributed by atoms with Crippen LogP contribution in [-0.2, 0) is 6.18 Å². The summed E-state index contributed by atoms with van der Waals surface area (Å²) in [6.45, 7) is 2.23. The van der Waals surface area contributed by atoms with Crippen LogP contribution in [0.2, 0.25) is 0 Å². The molecular formula is C15H22F3N3. The van der Waals surface area contributed by atoms with Crippen LogP contribution in [-0.4, -0.2) is 18.1 Å². The van der Waals surface area contributed by atoms with E-state index in [1.165, 1.54) is 6.42 Å². The molecule has 0 saturated heterocycles. The Bertz CT molecular complexity index is 474. The summed E-state index contributed by atoms with van der Waals surface area (Å²) in [7, 11) is 1.57. The van der Waals surface area contributed by atoms with E-state index in [4.69, 9.17) is 0 Å². The highest BCUT2D eigenvalue weighted by molar-refractivity contribution is 5.50. The molecule has 0 bridgehead atoms. The Morgan fingerprint density at radius 2 is 1.81 bits per heavy atom. The van der Waals surface area contributed by atoms with E-state index < -0.39 is 11.7 Å². The van der Waals surface area contributed by atoms with Gasteiger partial charge in [-0.1, -0.05) is 19.8 Å². The largest absolute Gasteiger partial charge is 0.416 e. The van der Waals surface area contributed by atoms with Crippen molar-refractivity contribution in [2.45, 2.75) is 51.2 Å². The first kappa shape index (κ1) is 15.9. The zero-order chi connectivity index (χ0) is 15.5. The van der Waals surface area contributed by atoms with E-state index in [0.29, 0.717) is 11.7 Å². The SMILES string of the molecule is CNc1cc(C(F)(F)F)cc(NC2CCCC(C)CC2)n1. The molecule has 6 heteroatoms. The van der Waals surface area contributed by atoms with Gasteiger partial charge in [0.1, 0.15) is 11.6 Å². The first-order chi connectivity index (χ1) is 9.88. The highest BCUT2D eigenvalue weighted by Crippen LogP contribution is 2.33. The van der Waals surface area contributed by atoms with Crippen molar-refractivity contribution in [2.75, 3.05) is 17.7 Å². The van der Waals surface area contributed by atoms with Gasteiger partial charge < -0.3 is 10.6 Å². The number of hydrogen-bond donors (Lipinski definition) is 2. The van der Waals surface area contributed by atoms with E-state index in [2.05, 4.69) is 22.5 Å². The minimum Gasteiger partial charge on any atom is -0.373 e. The minimum atomic E-state index is -4.36. The Kier molecular flexibility index (Phi) is 4.96. The second kappa shape index (κ2) is 6.54. The molecule has 118 valence electrons. The van der Waals surface area contributed by atoms with Crippen molar-refractivity contribution < 1.29 is 13.2 Å². The average Bonchev–Trinajstić information content (AvgIpc) is 2.62. The third-order valence-corrected chi connectivity index (χ3v) is 4.02. The molecule has 2 atom stereocenters. The van der Waals surface area contributed by atoms with Gasteiger partial charge in [0.25, 0.3) is 0 Å². The van der Waals surface area contributed by atoms with Gasteiger partial charge >= 0.3 is 6.18 Å². The number of alkyl halides is 3. The number of halogens is 3. The molecule has 1 aromatic rings. The molecule has 1 aliphatic rings. The molecule has 0 aromatic carbocycles. The molecule has 2 N–H and O–H groups in total. The normalized spacial score (nSPS) is 23.5. The molecule has 0 spiro atoms. The summed E-state index contributed by atoms with van der Waals surface area (Å²) >= 11 is 0. The van der Waals surface area contributed by atoms with Crippen molar-refractivity contribution in [1.82, 2.24) is 4.98 Å². The highest BCUT2D eigenvalue weighted by Gasteiger charge is 2.32. The lowest BCUT2D eigenvalue weighted by Gasteiger charge is -2.19. The molecule has 0 aliphatic heterocycles. The molecule has 21 heavy (non-hydrogen) atoms. The van der Waals surface area contributed by atoms with E-state index in [1.807, 2.05) is 0 Å². The van der Waals surface area contributed by atoms with Gasteiger partial charge in [0.2, 0.25) is 0 Å². The zero-order valence-corrected chi connectivity index (χ0v) is 12.4. The molecule has 1 aromatic heterocycles. The van der Waals surface area contributed by atoms with E-state index in [0.717, 1.165) is 37.8 Å². The molecule has 1 fully saturated rings.